The smallest absolute Gasteiger partial charge is 0.416 e. The average molecular weight is 791 g/mol. The first-order valence-electron chi connectivity index (χ1n) is 15.3. The van der Waals surface area contributed by atoms with Gasteiger partial charge in [-0.3, -0.25) is 24.1 Å². The molecule has 2 bridgehead atoms. The van der Waals surface area contributed by atoms with E-state index in [1.807, 2.05) is 6.07 Å². The van der Waals surface area contributed by atoms with Crippen LogP contribution in [0.1, 0.15) is 28.3 Å². The Morgan fingerprint density at radius 2 is 1.76 bits per heavy atom. The Morgan fingerprint density at radius 1 is 1.02 bits per heavy atom. The lowest BCUT2D eigenvalue weighted by atomic mass is 9.68. The number of hydrogen-bond donors (Lipinski definition) is 2. The molecule has 1 saturated heterocycles. The van der Waals surface area contributed by atoms with Gasteiger partial charge in [0.15, 0.2) is 6.61 Å². The second-order valence-electron chi connectivity index (χ2n) is 12.5. The van der Waals surface area contributed by atoms with E-state index in [2.05, 4.69) is 26.2 Å². The monoisotopic (exact) mass is 789 g/mol. The fourth-order valence-electron chi connectivity index (χ4n) is 8.21. The molecule has 2 saturated carbocycles. The van der Waals surface area contributed by atoms with Crippen molar-refractivity contribution in [3.8, 4) is 5.75 Å². The van der Waals surface area contributed by atoms with Gasteiger partial charge in [-0.25, -0.2) is 0 Å². The van der Waals surface area contributed by atoms with Crippen molar-refractivity contribution in [3.63, 3.8) is 0 Å². The number of carbonyl (C=O) groups is 3. The standard InChI is InChI=1S/C34H24BrClF3N3O5S2/c35-15-4-9-22(47-13-23(43)40-17-7-5-16(36)6-8-17)19(11-15)24-25-20-12-21(28(25)48-30-29(24)49-33(46)41-30)27-26(20)31(44)42(32(27)45)18-3-1-2-14(10-18)34(37,38)39/h1-11,20-21,24-28H,12-13H2,(H,40,43)(H,41,46)/t20-,21-,24-,25?,26?,27?,28?/m1/s1. The first-order chi connectivity index (χ1) is 23.4. The van der Waals surface area contributed by atoms with Crippen LogP contribution in [-0.4, -0.2) is 34.6 Å². The highest BCUT2D eigenvalue weighted by molar-refractivity contribution is 9.10. The molecule has 49 heavy (non-hydrogen) atoms. The average Bonchev–Trinajstić information content (AvgIpc) is 3.80. The van der Waals surface area contributed by atoms with Gasteiger partial charge < -0.3 is 15.0 Å². The number of H-pyrrole nitrogens is 1. The van der Waals surface area contributed by atoms with E-state index in [0.29, 0.717) is 27.9 Å². The van der Waals surface area contributed by atoms with Crippen LogP contribution in [0.3, 0.4) is 0 Å². The first kappa shape index (κ1) is 32.6. The fourth-order valence-corrected chi connectivity index (χ4v) is 11.6. The van der Waals surface area contributed by atoms with Gasteiger partial charge >= 0.3 is 11.0 Å². The summed E-state index contributed by atoms with van der Waals surface area (Å²) in [6, 6.07) is 16.4. The molecule has 0 spiro atoms. The molecule has 252 valence electrons. The van der Waals surface area contributed by atoms with Gasteiger partial charge in [-0.2, -0.15) is 13.2 Å². The SMILES string of the molecule is O=C(COc1ccc(Br)cc1[C@H]1c2sc(=O)[nH]c2SC2C1[C@H]1C[C@@H]2C2C(=O)N(c3cccc(C(F)(F)F)c3)C(=O)C21)Nc1ccc(Cl)cc1. The van der Waals surface area contributed by atoms with Gasteiger partial charge in [-0.15, -0.1) is 11.8 Å². The number of rotatable bonds is 6. The molecule has 4 aromatic rings. The summed E-state index contributed by atoms with van der Waals surface area (Å²) in [7, 11) is 0. The van der Waals surface area contributed by atoms with Crippen LogP contribution in [0, 0.1) is 29.6 Å². The minimum atomic E-state index is -4.63. The summed E-state index contributed by atoms with van der Waals surface area (Å²) in [5.74, 6) is -3.48. The Bertz CT molecular complexity index is 2090. The molecule has 15 heteroatoms. The van der Waals surface area contributed by atoms with E-state index in [-0.39, 0.29) is 40.2 Å². The van der Waals surface area contributed by atoms with Crippen molar-refractivity contribution >= 4 is 79.7 Å². The molecule has 3 aromatic carbocycles. The van der Waals surface area contributed by atoms with Gasteiger partial charge in [-0.1, -0.05) is 44.9 Å². The fraction of sp³-hybridized carbons (Fsp3) is 0.294. The van der Waals surface area contributed by atoms with Crippen LogP contribution in [-0.2, 0) is 20.6 Å². The molecule has 2 aliphatic heterocycles. The molecule has 4 unspecified atom stereocenters. The van der Waals surface area contributed by atoms with Crippen LogP contribution in [0.2, 0.25) is 5.02 Å². The molecule has 0 radical (unpaired) electrons. The predicted octanol–water partition coefficient (Wildman–Crippen LogP) is 7.57. The van der Waals surface area contributed by atoms with Crippen molar-refractivity contribution in [2.75, 3.05) is 16.8 Å². The number of ether oxygens (including phenoxy) is 1. The Hall–Kier alpha value is -3.59. The van der Waals surface area contributed by atoms with Crippen LogP contribution >= 0.6 is 50.6 Å². The Labute approximate surface area is 298 Å². The maximum Gasteiger partial charge on any atom is 0.416 e. The van der Waals surface area contributed by atoms with E-state index in [1.165, 1.54) is 23.9 Å². The molecule has 3 heterocycles. The second kappa shape index (κ2) is 12.0. The van der Waals surface area contributed by atoms with E-state index in [0.717, 1.165) is 43.3 Å². The lowest BCUT2D eigenvalue weighted by Gasteiger charge is -2.43. The number of anilines is 2. The lowest BCUT2D eigenvalue weighted by Crippen LogP contribution is -2.42. The van der Waals surface area contributed by atoms with Crippen molar-refractivity contribution in [2.24, 2.45) is 29.6 Å². The van der Waals surface area contributed by atoms with Crippen LogP contribution in [0.25, 0.3) is 0 Å². The third-order valence-corrected chi connectivity index (χ3v) is 13.3. The number of halogens is 5. The molecule has 2 aliphatic carbocycles. The Kier molecular flexibility index (Phi) is 8.00. The van der Waals surface area contributed by atoms with E-state index in [1.54, 1.807) is 36.4 Å². The predicted molar refractivity (Wildman–Crippen MR) is 182 cm³/mol. The van der Waals surface area contributed by atoms with E-state index in [4.69, 9.17) is 16.3 Å². The van der Waals surface area contributed by atoms with Gasteiger partial charge in [-0.05, 0) is 84.8 Å². The van der Waals surface area contributed by atoms with Crippen molar-refractivity contribution in [3.05, 3.63) is 102 Å². The summed E-state index contributed by atoms with van der Waals surface area (Å²) >= 11 is 12.1. The number of thiazole rings is 1. The zero-order valence-corrected chi connectivity index (χ0v) is 29.0. The highest BCUT2D eigenvalue weighted by atomic mass is 79.9. The zero-order chi connectivity index (χ0) is 34.4. The largest absolute Gasteiger partial charge is 0.483 e. The molecule has 8 nitrogen and oxygen atoms in total. The van der Waals surface area contributed by atoms with Gasteiger partial charge in [0.2, 0.25) is 11.8 Å². The van der Waals surface area contributed by atoms with E-state index in [9.17, 15) is 32.3 Å². The van der Waals surface area contributed by atoms with Crippen molar-refractivity contribution in [1.29, 1.82) is 0 Å². The zero-order valence-electron chi connectivity index (χ0n) is 25.0. The topological polar surface area (TPSA) is 109 Å². The minimum Gasteiger partial charge on any atom is -0.483 e. The molecule has 1 aromatic heterocycles. The number of nitrogens with one attached hydrogen (secondary N) is 2. The van der Waals surface area contributed by atoms with Crippen LogP contribution in [0.4, 0.5) is 24.5 Å². The number of imide groups is 1. The van der Waals surface area contributed by atoms with Crippen molar-refractivity contribution < 1.29 is 32.3 Å². The number of amides is 3. The summed E-state index contributed by atoms with van der Waals surface area (Å²) in [6.45, 7) is -0.307. The van der Waals surface area contributed by atoms with Gasteiger partial charge in [0.1, 0.15) is 5.75 Å². The van der Waals surface area contributed by atoms with Crippen molar-refractivity contribution in [2.45, 2.75) is 28.8 Å². The minimum absolute atomic E-state index is 0.0891. The third kappa shape index (κ3) is 5.51. The Morgan fingerprint density at radius 3 is 2.49 bits per heavy atom. The summed E-state index contributed by atoms with van der Waals surface area (Å²) in [6.07, 6.45) is -4.04. The first-order valence-corrected chi connectivity index (χ1v) is 18.2. The number of alkyl halides is 3. The number of aromatic amines is 1. The number of benzene rings is 3. The maximum atomic E-state index is 14.1. The number of hydrogen-bond acceptors (Lipinski definition) is 7. The molecule has 2 N–H and O–H groups in total. The molecule has 8 rings (SSSR count). The molecule has 4 aliphatic rings. The van der Waals surface area contributed by atoms with Crippen LogP contribution in [0.5, 0.6) is 5.75 Å². The van der Waals surface area contributed by atoms with Gasteiger partial charge in [0.05, 0.1) is 28.1 Å². The van der Waals surface area contributed by atoms with Crippen LogP contribution in [0.15, 0.2) is 81.0 Å². The quantitative estimate of drug-likeness (QED) is 0.195. The highest BCUT2D eigenvalue weighted by Gasteiger charge is 2.70. The summed E-state index contributed by atoms with van der Waals surface area (Å²) < 4.78 is 47.5. The second-order valence-corrected chi connectivity index (χ2v) is 16.1. The number of thioether (sulfide) groups is 1. The molecular weight excluding hydrogens is 767 g/mol. The number of carbonyl (C=O) groups excluding carboxylic acids is 3. The molecule has 7 atom stereocenters. The van der Waals surface area contributed by atoms with Gasteiger partial charge in [0.25, 0.3) is 5.91 Å². The van der Waals surface area contributed by atoms with Gasteiger partial charge in [0, 0.05) is 36.8 Å². The third-order valence-electron chi connectivity index (χ3n) is 9.95. The Balaban J connectivity index is 1.13. The number of aromatic nitrogens is 1. The highest BCUT2D eigenvalue weighted by Crippen LogP contribution is 2.69. The van der Waals surface area contributed by atoms with Crippen molar-refractivity contribution in [1.82, 2.24) is 4.98 Å². The van der Waals surface area contributed by atoms with E-state index >= 15 is 0 Å². The summed E-state index contributed by atoms with van der Waals surface area (Å²) in [5, 5.41) is 3.83. The molecular formula is C34H24BrClF3N3O5S2. The van der Waals surface area contributed by atoms with E-state index < -0.39 is 47.2 Å². The normalized spacial score (nSPS) is 26.8. The summed E-state index contributed by atoms with van der Waals surface area (Å²) in [5.41, 5.74) is 0.242. The molecule has 3 fully saturated rings. The maximum absolute atomic E-state index is 14.1. The number of fused-ring (bicyclic) bond motifs is 9. The lowest BCUT2D eigenvalue weighted by molar-refractivity contribution is -0.137. The molecule has 3 amide bonds. The number of nitrogens with zero attached hydrogens (tertiary/aromatic N) is 1. The van der Waals surface area contributed by atoms with Crippen LogP contribution < -0.4 is 19.8 Å². The summed E-state index contributed by atoms with van der Waals surface area (Å²) in [4.78, 5) is 58.0.